The highest BCUT2D eigenvalue weighted by Crippen LogP contribution is 2.60. The van der Waals surface area contributed by atoms with Gasteiger partial charge in [-0.05, 0) is 41.5 Å². The molecule has 0 saturated heterocycles. The van der Waals surface area contributed by atoms with Gasteiger partial charge in [0.05, 0.1) is 7.11 Å². The van der Waals surface area contributed by atoms with Crippen LogP contribution in [0.15, 0.2) is 46.9 Å². The molecular weight excluding hydrogens is 550 g/mol. The third kappa shape index (κ3) is 4.33. The van der Waals surface area contributed by atoms with Crippen LogP contribution in [0.4, 0.5) is 5.69 Å². The zero-order valence-corrected chi connectivity index (χ0v) is 25.2. The fourth-order valence-electron chi connectivity index (χ4n) is 6.74. The molecule has 0 fully saturated rings. The Kier molecular flexibility index (Phi) is 7.07. The SMILES string of the molecule is COC(=O)c1nc2oc1C13c4cc(ccc4O[C@@H]1N(C)c1ccccc13)CC(CC(=O)[C@@H](O)C(C)C)C(=O)N[C@H]2C(C)C. The minimum absolute atomic E-state index is 0.0142. The largest absolute Gasteiger partial charge is 0.468 e. The summed E-state index contributed by atoms with van der Waals surface area (Å²) in [5.41, 5.74) is 2.33. The lowest BCUT2D eigenvalue weighted by Gasteiger charge is -2.30. The predicted molar refractivity (Wildman–Crippen MR) is 157 cm³/mol. The number of esters is 1. The number of nitrogens with zero attached hydrogens (tertiary/aromatic N) is 2. The van der Waals surface area contributed by atoms with Crippen LogP contribution in [0.25, 0.3) is 0 Å². The van der Waals surface area contributed by atoms with Crippen molar-refractivity contribution in [1.82, 2.24) is 10.3 Å². The van der Waals surface area contributed by atoms with Crippen LogP contribution >= 0.6 is 0 Å². The molecule has 10 nitrogen and oxygen atoms in total. The smallest absolute Gasteiger partial charge is 0.360 e. The minimum Gasteiger partial charge on any atom is -0.468 e. The Hall–Kier alpha value is -4.18. The second kappa shape index (κ2) is 10.5. The number of Topliss-reactive ketones (excluding diaryl/α,β-unsaturated/α-hetero) is 1. The maximum Gasteiger partial charge on any atom is 0.360 e. The topological polar surface area (TPSA) is 131 Å². The van der Waals surface area contributed by atoms with Gasteiger partial charge in [0.25, 0.3) is 0 Å². The van der Waals surface area contributed by atoms with Crippen LogP contribution in [-0.4, -0.2) is 54.2 Å². The number of anilines is 1. The first kappa shape index (κ1) is 28.9. The number of likely N-dealkylation sites (N-methyl/N-ethyl adjacent to an activating group) is 1. The summed E-state index contributed by atoms with van der Waals surface area (Å²) in [5, 5.41) is 13.6. The number of amides is 1. The second-order valence-electron chi connectivity index (χ2n) is 12.4. The van der Waals surface area contributed by atoms with Crippen molar-refractivity contribution >= 4 is 23.3 Å². The minimum atomic E-state index is -1.17. The first-order chi connectivity index (χ1) is 20.5. The lowest BCUT2D eigenvalue weighted by Crippen LogP contribution is -2.45. The van der Waals surface area contributed by atoms with Gasteiger partial charge >= 0.3 is 5.97 Å². The summed E-state index contributed by atoms with van der Waals surface area (Å²) in [6.07, 6.45) is -1.63. The highest BCUT2D eigenvalue weighted by molar-refractivity contribution is 5.91. The number of para-hydroxylation sites is 1. The van der Waals surface area contributed by atoms with E-state index in [1.807, 2.05) is 68.3 Å². The van der Waals surface area contributed by atoms with E-state index in [1.54, 1.807) is 13.8 Å². The number of rotatable bonds is 6. The molecule has 2 aromatic carbocycles. The molecule has 4 heterocycles. The van der Waals surface area contributed by atoms with E-state index < -0.39 is 35.7 Å². The van der Waals surface area contributed by atoms with Crippen LogP contribution in [0.5, 0.6) is 5.75 Å². The molecule has 43 heavy (non-hydrogen) atoms. The number of ether oxygens (including phenoxy) is 2. The van der Waals surface area contributed by atoms with Crippen LogP contribution < -0.4 is 15.0 Å². The lowest BCUT2D eigenvalue weighted by molar-refractivity contribution is -0.135. The Balaban J connectivity index is 1.62. The zero-order valence-electron chi connectivity index (χ0n) is 25.2. The summed E-state index contributed by atoms with van der Waals surface area (Å²) in [7, 11) is 3.24. The van der Waals surface area contributed by atoms with Crippen molar-refractivity contribution in [3.05, 3.63) is 76.5 Å². The molecule has 2 unspecified atom stereocenters. The summed E-state index contributed by atoms with van der Waals surface area (Å²) in [6.45, 7) is 7.37. The molecule has 1 aromatic heterocycles. The van der Waals surface area contributed by atoms with Gasteiger partial charge < -0.3 is 29.2 Å². The third-order valence-electron chi connectivity index (χ3n) is 9.01. The number of hydrogen-bond donors (Lipinski definition) is 2. The van der Waals surface area contributed by atoms with Gasteiger partial charge in [-0.25, -0.2) is 9.78 Å². The number of carbonyl (C=O) groups is 3. The van der Waals surface area contributed by atoms with Crippen LogP contribution in [0.1, 0.15) is 79.0 Å². The number of nitrogens with one attached hydrogen (secondary N) is 1. The van der Waals surface area contributed by atoms with E-state index >= 15 is 0 Å². The van der Waals surface area contributed by atoms with Crippen LogP contribution in [-0.2, 0) is 26.2 Å². The van der Waals surface area contributed by atoms with Crippen LogP contribution in [0.2, 0.25) is 0 Å². The molecule has 3 aromatic rings. The monoisotopic (exact) mass is 587 g/mol. The van der Waals surface area contributed by atoms with Gasteiger partial charge in [-0.1, -0.05) is 58.0 Å². The third-order valence-corrected chi connectivity index (χ3v) is 9.01. The summed E-state index contributed by atoms with van der Waals surface area (Å²) in [5.74, 6) is -1.56. The standard InChI is InChI=1S/C33H37N3O7/c1-16(2)25-30-35-26(31(40)41-6)28(43-30)33-20-9-7-8-10-22(20)36(5)32(33)42-24-12-11-18(14-21(24)33)13-19(29(39)34-25)15-23(37)27(38)17(3)4/h7-12,14,16-17,19,25,27,32,38H,13,15H2,1-6H3,(H,34,39)/t19?,25-,27-,32-,33?/m0/s1. The number of fused-ring (bicyclic) bond motifs is 4. The van der Waals surface area contributed by atoms with E-state index in [0.29, 0.717) is 11.5 Å². The molecule has 3 aliphatic heterocycles. The predicted octanol–water partition coefficient (Wildman–Crippen LogP) is 3.93. The first-order valence-corrected chi connectivity index (χ1v) is 14.7. The second-order valence-corrected chi connectivity index (χ2v) is 12.4. The van der Waals surface area contributed by atoms with Crippen molar-refractivity contribution in [3.63, 3.8) is 0 Å². The van der Waals surface area contributed by atoms with Gasteiger partial charge in [0.15, 0.2) is 23.5 Å². The number of carbonyl (C=O) groups excluding carboxylic acids is 3. The van der Waals surface area contributed by atoms with Gasteiger partial charge in [-0.3, -0.25) is 9.59 Å². The van der Waals surface area contributed by atoms with Gasteiger partial charge in [0, 0.05) is 30.6 Å². The number of ketones is 1. The molecule has 3 aliphatic rings. The molecule has 226 valence electrons. The number of aliphatic hydroxyl groups is 1. The maximum absolute atomic E-state index is 13.9. The van der Waals surface area contributed by atoms with E-state index in [2.05, 4.69) is 10.3 Å². The van der Waals surface area contributed by atoms with Crippen LogP contribution in [0.3, 0.4) is 0 Å². The van der Waals surface area contributed by atoms with Gasteiger partial charge in [0.2, 0.25) is 11.8 Å². The van der Waals surface area contributed by atoms with E-state index in [0.717, 1.165) is 22.4 Å². The number of hydrogen-bond acceptors (Lipinski definition) is 9. The molecule has 1 spiro atoms. The Morgan fingerprint density at radius 3 is 2.60 bits per heavy atom. The van der Waals surface area contributed by atoms with Crippen LogP contribution in [0, 0.1) is 17.8 Å². The summed E-state index contributed by atoms with van der Waals surface area (Å²) < 4.78 is 18.4. The normalized spacial score (nSPS) is 24.4. The van der Waals surface area contributed by atoms with Crippen molar-refractivity contribution in [1.29, 1.82) is 0 Å². The Labute approximate surface area is 250 Å². The number of aliphatic hydroxyl groups excluding tert-OH is 1. The highest BCUT2D eigenvalue weighted by atomic mass is 16.5. The van der Waals surface area contributed by atoms with E-state index in [4.69, 9.17) is 13.9 Å². The summed E-state index contributed by atoms with van der Waals surface area (Å²) >= 11 is 0. The molecular formula is C33H37N3O7. The number of aromatic nitrogens is 1. The Morgan fingerprint density at radius 1 is 1.16 bits per heavy atom. The van der Waals surface area contributed by atoms with Gasteiger partial charge in [-0.2, -0.15) is 0 Å². The van der Waals surface area contributed by atoms with E-state index in [1.165, 1.54) is 7.11 Å². The average Bonchev–Trinajstić information content (AvgIpc) is 3.64. The summed E-state index contributed by atoms with van der Waals surface area (Å²) in [4.78, 5) is 47.0. The van der Waals surface area contributed by atoms with Crippen molar-refractivity contribution < 1.29 is 33.4 Å². The average molecular weight is 588 g/mol. The number of benzene rings is 2. The first-order valence-electron chi connectivity index (χ1n) is 14.7. The molecule has 0 aliphatic carbocycles. The fourth-order valence-corrected chi connectivity index (χ4v) is 6.74. The van der Waals surface area contributed by atoms with Crippen molar-refractivity contribution in [2.24, 2.45) is 17.8 Å². The highest BCUT2D eigenvalue weighted by Gasteiger charge is 2.63. The molecule has 5 atom stereocenters. The fraction of sp³-hybridized carbons (Fsp3) is 0.455. The zero-order chi connectivity index (χ0) is 30.8. The molecule has 4 bridgehead atoms. The van der Waals surface area contributed by atoms with Gasteiger partial charge in [-0.15, -0.1) is 0 Å². The Bertz CT molecular complexity index is 1610. The number of oxazole rings is 1. The molecule has 0 radical (unpaired) electrons. The van der Waals surface area contributed by atoms with Crippen molar-refractivity contribution in [2.45, 2.75) is 64.3 Å². The molecule has 6 rings (SSSR count). The van der Waals surface area contributed by atoms with E-state index in [9.17, 15) is 19.5 Å². The molecule has 0 saturated carbocycles. The Morgan fingerprint density at radius 2 is 1.91 bits per heavy atom. The lowest BCUT2D eigenvalue weighted by atomic mass is 9.72. The van der Waals surface area contributed by atoms with E-state index in [-0.39, 0.29) is 48.0 Å². The molecule has 2 N–H and O–H groups in total. The quantitative estimate of drug-likeness (QED) is 0.412. The number of methoxy groups -OCH3 is 1. The summed E-state index contributed by atoms with van der Waals surface area (Å²) in [6, 6.07) is 12.9. The van der Waals surface area contributed by atoms with Crippen molar-refractivity contribution in [2.75, 3.05) is 19.1 Å². The molecule has 1 amide bonds. The van der Waals surface area contributed by atoms with Crippen molar-refractivity contribution in [3.8, 4) is 5.75 Å². The maximum atomic E-state index is 13.9. The van der Waals surface area contributed by atoms with Gasteiger partial charge in [0.1, 0.15) is 23.3 Å². The molecule has 10 heteroatoms.